The van der Waals surface area contributed by atoms with E-state index in [1.165, 1.54) is 6.07 Å². The van der Waals surface area contributed by atoms with Crippen LogP contribution in [0.3, 0.4) is 0 Å². The maximum absolute atomic E-state index is 13.2. The van der Waals surface area contributed by atoms with Gasteiger partial charge in [0, 0.05) is 13.6 Å². The number of carboxylic acid groups (broad SMARTS) is 1. The number of hydrogen-bond donors (Lipinski definition) is 2. The number of ether oxygens (including phenoxy) is 2. The van der Waals surface area contributed by atoms with Gasteiger partial charge < -0.3 is 19.9 Å². The maximum Gasteiger partial charge on any atom is 0.347 e. The van der Waals surface area contributed by atoms with Crippen LogP contribution < -0.4 is 5.32 Å². The summed E-state index contributed by atoms with van der Waals surface area (Å²) in [5.74, 6) is -4.43. The van der Waals surface area contributed by atoms with Gasteiger partial charge in [-0.05, 0) is 75.6 Å². The first-order valence-electron chi connectivity index (χ1n) is 9.35. The quantitative estimate of drug-likeness (QED) is 0.290. The van der Waals surface area contributed by atoms with Gasteiger partial charge in [-0.2, -0.15) is 0 Å². The Morgan fingerprint density at radius 3 is 2.47 bits per heavy atom. The third kappa shape index (κ3) is 3.95. The van der Waals surface area contributed by atoms with E-state index in [1.807, 2.05) is 57.3 Å². The highest BCUT2D eigenvalue weighted by Gasteiger charge is 2.53. The average Bonchev–Trinajstić information content (AvgIpc) is 3.39. The van der Waals surface area contributed by atoms with Crippen LogP contribution >= 0.6 is 45.2 Å². The van der Waals surface area contributed by atoms with Crippen molar-refractivity contribution in [3.8, 4) is 0 Å². The molecule has 2 aliphatic carbocycles. The van der Waals surface area contributed by atoms with Crippen LogP contribution in [0, 0.1) is 30.8 Å². The Labute approximate surface area is 199 Å². The van der Waals surface area contributed by atoms with Gasteiger partial charge in [-0.15, -0.1) is 0 Å². The van der Waals surface area contributed by atoms with Crippen LogP contribution in [-0.4, -0.2) is 41.6 Å². The monoisotopic (exact) mass is 637 g/mol. The van der Waals surface area contributed by atoms with Crippen molar-refractivity contribution in [1.29, 1.82) is 0 Å². The van der Waals surface area contributed by atoms with E-state index in [-0.39, 0.29) is 29.7 Å². The summed E-state index contributed by atoms with van der Waals surface area (Å²) in [6.07, 6.45) is 3.84. The molecule has 1 aromatic carbocycles. The molecule has 1 heterocycles. The van der Waals surface area contributed by atoms with E-state index in [4.69, 9.17) is 9.47 Å². The number of anilines is 1. The number of hydrogen-bond acceptors (Lipinski definition) is 6. The van der Waals surface area contributed by atoms with Crippen LogP contribution in [0.25, 0.3) is 0 Å². The number of fused-ring (bicyclic) bond motifs is 2. The summed E-state index contributed by atoms with van der Waals surface area (Å²) in [6.45, 7) is 0.209. The van der Waals surface area contributed by atoms with Crippen LogP contribution in [0.1, 0.15) is 23.2 Å². The van der Waals surface area contributed by atoms with Gasteiger partial charge in [0.05, 0.1) is 29.7 Å². The van der Waals surface area contributed by atoms with Crippen LogP contribution in [-0.2, 0) is 23.9 Å². The van der Waals surface area contributed by atoms with Gasteiger partial charge in [0.25, 0.3) is 0 Å². The molecule has 2 fully saturated rings. The van der Waals surface area contributed by atoms with E-state index in [2.05, 4.69) is 5.32 Å². The molecule has 5 unspecified atom stereocenters. The Balaban J connectivity index is 1.57. The van der Waals surface area contributed by atoms with E-state index >= 15 is 0 Å². The Kier molecular flexibility index (Phi) is 6.06. The summed E-state index contributed by atoms with van der Waals surface area (Å²) in [5, 5.41) is 12.3. The fourth-order valence-electron chi connectivity index (χ4n) is 4.38. The predicted molar refractivity (Wildman–Crippen MR) is 121 cm³/mol. The van der Waals surface area contributed by atoms with Gasteiger partial charge in [0.2, 0.25) is 12.0 Å². The van der Waals surface area contributed by atoms with Crippen molar-refractivity contribution < 1.29 is 33.8 Å². The summed E-state index contributed by atoms with van der Waals surface area (Å²) >= 11 is 3.99. The van der Waals surface area contributed by atoms with Crippen LogP contribution in [0.4, 0.5) is 5.69 Å². The molecule has 8 nitrogen and oxygen atoms in total. The summed E-state index contributed by atoms with van der Waals surface area (Å²) in [4.78, 5) is 49.4. The molecule has 2 bridgehead atoms. The molecule has 1 aromatic rings. The minimum atomic E-state index is -1.15. The molecule has 10 heteroatoms. The lowest BCUT2D eigenvalue weighted by Gasteiger charge is -2.26. The fraction of sp³-hybridized carbons (Fsp3) is 0.400. The molecule has 4 rings (SSSR count). The number of nitrogens with one attached hydrogen (secondary N) is 1. The summed E-state index contributed by atoms with van der Waals surface area (Å²) in [7, 11) is 0. The Bertz CT molecular complexity index is 976. The third-order valence-electron chi connectivity index (χ3n) is 5.71. The minimum Gasteiger partial charge on any atom is -0.478 e. The first kappa shape index (κ1) is 21.5. The molecule has 0 aromatic heterocycles. The number of amides is 1. The van der Waals surface area contributed by atoms with Gasteiger partial charge in [-0.1, -0.05) is 12.2 Å². The molecule has 1 saturated carbocycles. The number of carbonyl (C=O) groups excluding carboxylic acids is 3. The number of esters is 2. The highest BCUT2D eigenvalue weighted by molar-refractivity contribution is 14.1. The highest BCUT2D eigenvalue weighted by Crippen LogP contribution is 2.49. The van der Waals surface area contributed by atoms with Crippen molar-refractivity contribution in [2.45, 2.75) is 18.9 Å². The minimum absolute atomic E-state index is 0.00817. The summed E-state index contributed by atoms with van der Waals surface area (Å²) in [6, 6.07) is 3.25. The lowest BCUT2D eigenvalue weighted by molar-refractivity contribution is -0.165. The summed E-state index contributed by atoms with van der Waals surface area (Å²) in [5.41, 5.74) is 0.206. The standard InChI is InChI=1S/C20H17I2NO7/c21-10-6-11(18(25)26)16(12(22)7-10)23-17(24)14-8-1-2-9(5-8)15(14)20(28)30-13-3-4-29-19(13)27/h1-2,6-9,13-15H,3-5H2,(H,23,24)(H,25,26). The lowest BCUT2D eigenvalue weighted by atomic mass is 9.82. The van der Waals surface area contributed by atoms with Gasteiger partial charge in [0.1, 0.15) is 0 Å². The molecule has 0 radical (unpaired) electrons. The van der Waals surface area contributed by atoms with E-state index in [1.54, 1.807) is 6.07 Å². The van der Waals surface area contributed by atoms with Crippen molar-refractivity contribution in [2.75, 3.05) is 11.9 Å². The molecule has 0 spiro atoms. The number of rotatable bonds is 5. The largest absolute Gasteiger partial charge is 0.478 e. The normalized spacial score (nSPS) is 29.0. The molecular weight excluding hydrogens is 620 g/mol. The van der Waals surface area contributed by atoms with Crippen LogP contribution in [0.15, 0.2) is 24.3 Å². The smallest absolute Gasteiger partial charge is 0.347 e. The lowest BCUT2D eigenvalue weighted by Crippen LogP contribution is -2.39. The van der Waals surface area contributed by atoms with Crippen molar-refractivity contribution >= 4 is 74.7 Å². The molecular formula is C20H17I2NO7. The summed E-state index contributed by atoms with van der Waals surface area (Å²) < 4.78 is 11.5. The molecule has 1 aliphatic heterocycles. The predicted octanol–water partition coefficient (Wildman–Crippen LogP) is 2.83. The van der Waals surface area contributed by atoms with Gasteiger partial charge in [-0.3, -0.25) is 9.59 Å². The molecule has 5 atom stereocenters. The zero-order valence-electron chi connectivity index (χ0n) is 15.5. The van der Waals surface area contributed by atoms with Crippen molar-refractivity contribution in [1.82, 2.24) is 0 Å². The van der Waals surface area contributed by atoms with Crippen LogP contribution in [0.2, 0.25) is 0 Å². The molecule has 2 N–H and O–H groups in total. The molecule has 30 heavy (non-hydrogen) atoms. The van der Waals surface area contributed by atoms with Gasteiger partial charge in [-0.25, -0.2) is 9.59 Å². The van der Waals surface area contributed by atoms with Crippen molar-refractivity contribution in [3.05, 3.63) is 37.0 Å². The van der Waals surface area contributed by atoms with Crippen LogP contribution in [0.5, 0.6) is 0 Å². The Morgan fingerprint density at radius 1 is 1.13 bits per heavy atom. The Hall–Kier alpha value is -1.70. The number of halogens is 2. The maximum atomic E-state index is 13.2. The van der Waals surface area contributed by atoms with E-state index in [0.717, 1.165) is 3.57 Å². The number of carboxylic acids is 1. The Morgan fingerprint density at radius 2 is 1.83 bits per heavy atom. The second-order valence-electron chi connectivity index (χ2n) is 7.49. The topological polar surface area (TPSA) is 119 Å². The molecule has 158 valence electrons. The second-order valence-corrected chi connectivity index (χ2v) is 9.89. The number of carbonyl (C=O) groups is 4. The molecule has 3 aliphatic rings. The second kappa shape index (κ2) is 8.44. The molecule has 1 amide bonds. The van der Waals surface area contributed by atoms with Gasteiger partial charge in [0.15, 0.2) is 0 Å². The zero-order chi connectivity index (χ0) is 21.6. The third-order valence-corrected chi connectivity index (χ3v) is 7.19. The fourth-order valence-corrected chi connectivity index (χ4v) is 6.36. The zero-order valence-corrected chi connectivity index (χ0v) is 19.8. The van der Waals surface area contributed by atoms with E-state index < -0.39 is 41.8 Å². The highest BCUT2D eigenvalue weighted by atomic mass is 127. The number of allylic oxidation sites excluding steroid dienone is 2. The van der Waals surface area contributed by atoms with Crippen molar-refractivity contribution in [2.24, 2.45) is 23.7 Å². The number of cyclic esters (lactones) is 1. The van der Waals surface area contributed by atoms with E-state index in [0.29, 0.717) is 16.4 Å². The molecule has 1 saturated heterocycles. The average molecular weight is 637 g/mol. The van der Waals surface area contributed by atoms with Gasteiger partial charge >= 0.3 is 17.9 Å². The number of aromatic carboxylic acids is 1. The first-order chi connectivity index (χ1) is 14.3. The first-order valence-corrected chi connectivity index (χ1v) is 11.5. The van der Waals surface area contributed by atoms with E-state index in [9.17, 15) is 24.3 Å². The SMILES string of the molecule is O=C(O)c1cc(I)cc(I)c1NC(=O)C1C2C=CC(C2)C1C(=O)OC1CCOC1=O. The van der Waals surface area contributed by atoms with Crippen molar-refractivity contribution in [3.63, 3.8) is 0 Å². The number of benzene rings is 1.